The van der Waals surface area contributed by atoms with Crippen LogP contribution in [0.15, 0.2) is 61.7 Å². The van der Waals surface area contributed by atoms with Gasteiger partial charge in [-0.2, -0.15) is 5.10 Å². The number of ether oxygens (including phenoxy) is 3. The van der Waals surface area contributed by atoms with E-state index < -0.39 is 17.9 Å². The molecule has 3 rings (SSSR count). The Balaban J connectivity index is 1.69. The number of rotatable bonds is 10. The van der Waals surface area contributed by atoms with E-state index in [1.54, 1.807) is 32.0 Å². The van der Waals surface area contributed by atoms with Crippen LogP contribution in [-0.2, 0) is 14.3 Å². The molecule has 0 aliphatic carbocycles. The smallest absolute Gasteiger partial charge is 0.338 e. The van der Waals surface area contributed by atoms with Crippen LogP contribution in [0.2, 0.25) is 0 Å². The van der Waals surface area contributed by atoms with E-state index in [1.807, 2.05) is 25.1 Å². The van der Waals surface area contributed by atoms with E-state index in [2.05, 4.69) is 53.0 Å². The largest absolute Gasteiger partial charge is 0.492 e. The van der Waals surface area contributed by atoms with Gasteiger partial charge in [-0.1, -0.05) is 18.2 Å². The number of halogens is 2. The lowest BCUT2D eigenvalue weighted by Gasteiger charge is -2.30. The van der Waals surface area contributed by atoms with E-state index in [1.165, 1.54) is 6.21 Å². The number of benzene rings is 2. The summed E-state index contributed by atoms with van der Waals surface area (Å²) >= 11 is 12.2. The highest BCUT2D eigenvalue weighted by molar-refractivity contribution is 9.11. The van der Waals surface area contributed by atoms with Gasteiger partial charge in [0.05, 0.1) is 40.0 Å². The molecule has 0 aromatic heterocycles. The van der Waals surface area contributed by atoms with Gasteiger partial charge in [0.2, 0.25) is 0 Å². The first-order valence-electron chi connectivity index (χ1n) is 11.4. The van der Waals surface area contributed by atoms with Gasteiger partial charge >= 0.3 is 5.97 Å². The second-order valence-corrected chi connectivity index (χ2v) is 9.77. The fourth-order valence-corrected chi connectivity index (χ4v) is 5.27. The van der Waals surface area contributed by atoms with Crippen LogP contribution in [0, 0.1) is 0 Å². The lowest BCUT2D eigenvalue weighted by Crippen LogP contribution is -2.45. The standard InChI is InChI=1S/C25H26Br2N4O5S/c1-4-34-23-17(26)10-15(11-18(23)27)12-28-31-20(32)13-36-19-9-7-6-8-16(19)22-21(24(33)35-5-2)14(3)29-25(37)30-22/h6-12,22H,4-5,13H2,1-3H3,(H,31,32)(H2,29,30,37)/t22-/m0/s1. The topological polar surface area (TPSA) is 110 Å². The fraction of sp³-hybridized carbons (Fsp3) is 0.280. The summed E-state index contributed by atoms with van der Waals surface area (Å²) in [6, 6.07) is 10.1. The Morgan fingerprint density at radius 1 is 1.14 bits per heavy atom. The summed E-state index contributed by atoms with van der Waals surface area (Å²) in [5.41, 5.74) is 4.80. The normalized spacial score (nSPS) is 15.2. The Morgan fingerprint density at radius 2 is 1.84 bits per heavy atom. The number of carbonyl (C=O) groups excluding carboxylic acids is 2. The lowest BCUT2D eigenvalue weighted by atomic mass is 9.95. The van der Waals surface area contributed by atoms with Crippen LogP contribution >= 0.6 is 44.1 Å². The summed E-state index contributed by atoms with van der Waals surface area (Å²) in [4.78, 5) is 25.1. The number of hydrogen-bond acceptors (Lipinski definition) is 7. The van der Waals surface area contributed by atoms with Crippen molar-refractivity contribution in [2.75, 3.05) is 19.8 Å². The zero-order chi connectivity index (χ0) is 26.9. The average Bonchev–Trinajstić information content (AvgIpc) is 2.85. The molecule has 0 saturated heterocycles. The Hall–Kier alpha value is -2.96. The summed E-state index contributed by atoms with van der Waals surface area (Å²) in [5.74, 6) is 0.178. The molecule has 0 spiro atoms. The van der Waals surface area contributed by atoms with Crippen molar-refractivity contribution < 1.29 is 23.8 Å². The second kappa shape index (κ2) is 13.5. The first-order valence-corrected chi connectivity index (χ1v) is 13.3. The second-order valence-electron chi connectivity index (χ2n) is 7.66. The number of hydrogen-bond donors (Lipinski definition) is 3. The van der Waals surface area contributed by atoms with Crippen molar-refractivity contribution in [3.8, 4) is 11.5 Å². The first-order chi connectivity index (χ1) is 17.7. The molecule has 9 nitrogen and oxygen atoms in total. The maximum atomic E-state index is 12.7. The number of esters is 1. The minimum Gasteiger partial charge on any atom is -0.492 e. The van der Waals surface area contributed by atoms with E-state index >= 15 is 0 Å². The molecule has 0 radical (unpaired) electrons. The third kappa shape index (κ3) is 7.53. The van der Waals surface area contributed by atoms with Crippen LogP contribution in [0.5, 0.6) is 11.5 Å². The molecule has 37 heavy (non-hydrogen) atoms. The highest BCUT2D eigenvalue weighted by atomic mass is 79.9. The highest BCUT2D eigenvalue weighted by Gasteiger charge is 2.32. The van der Waals surface area contributed by atoms with Gasteiger partial charge in [-0.25, -0.2) is 10.2 Å². The minimum absolute atomic E-state index is 0.232. The molecule has 1 heterocycles. The molecule has 0 saturated carbocycles. The molecular formula is C25H26Br2N4O5S. The van der Waals surface area contributed by atoms with Crippen molar-refractivity contribution in [3.05, 3.63) is 67.7 Å². The summed E-state index contributed by atoms with van der Waals surface area (Å²) in [6.07, 6.45) is 1.51. The highest BCUT2D eigenvalue weighted by Crippen LogP contribution is 2.35. The number of amides is 1. The summed E-state index contributed by atoms with van der Waals surface area (Å²) in [6.45, 7) is 5.86. The van der Waals surface area contributed by atoms with Crippen LogP contribution in [0.25, 0.3) is 0 Å². The third-order valence-corrected chi connectivity index (χ3v) is 6.46. The van der Waals surface area contributed by atoms with Crippen LogP contribution in [0.4, 0.5) is 0 Å². The number of nitrogens with one attached hydrogen (secondary N) is 3. The maximum absolute atomic E-state index is 12.7. The van der Waals surface area contributed by atoms with Gasteiger partial charge in [0.15, 0.2) is 11.7 Å². The molecule has 3 N–H and O–H groups in total. The van der Waals surface area contributed by atoms with Gasteiger partial charge in [-0.15, -0.1) is 0 Å². The Kier molecular flexibility index (Phi) is 10.5. The number of allylic oxidation sites excluding steroid dienone is 1. The average molecular weight is 654 g/mol. The number of para-hydroxylation sites is 1. The maximum Gasteiger partial charge on any atom is 0.338 e. The predicted octanol–water partition coefficient (Wildman–Crippen LogP) is 4.50. The van der Waals surface area contributed by atoms with Crippen molar-refractivity contribution in [2.45, 2.75) is 26.8 Å². The minimum atomic E-state index is -0.610. The molecule has 1 atom stereocenters. The molecule has 0 bridgehead atoms. The van der Waals surface area contributed by atoms with Crippen LogP contribution in [0.1, 0.15) is 37.9 Å². The van der Waals surface area contributed by atoms with Gasteiger partial charge in [0.25, 0.3) is 5.91 Å². The molecular weight excluding hydrogens is 628 g/mol. The molecule has 2 aromatic rings. The first kappa shape index (κ1) is 28.6. The molecule has 196 valence electrons. The monoisotopic (exact) mass is 652 g/mol. The van der Waals surface area contributed by atoms with Gasteiger partial charge in [-0.05, 0) is 88.6 Å². The number of nitrogens with zero attached hydrogens (tertiary/aromatic N) is 1. The lowest BCUT2D eigenvalue weighted by molar-refractivity contribution is -0.139. The zero-order valence-electron chi connectivity index (χ0n) is 20.4. The van der Waals surface area contributed by atoms with Crippen molar-refractivity contribution in [1.29, 1.82) is 0 Å². The molecule has 1 amide bonds. The summed E-state index contributed by atoms with van der Waals surface area (Å²) in [7, 11) is 0. The SMILES string of the molecule is CCOC(=O)C1=C(C)NC(=S)N[C@H]1c1ccccc1OCC(=O)NN=Cc1cc(Br)c(OCC)c(Br)c1. The quantitative estimate of drug-likeness (QED) is 0.149. The number of carbonyl (C=O) groups is 2. The zero-order valence-corrected chi connectivity index (χ0v) is 24.4. The Morgan fingerprint density at radius 3 is 2.51 bits per heavy atom. The number of thiocarbonyl (C=S) groups is 1. The van der Waals surface area contributed by atoms with Gasteiger partial charge in [0, 0.05) is 11.3 Å². The van der Waals surface area contributed by atoms with Crippen molar-refractivity contribution in [1.82, 2.24) is 16.1 Å². The van der Waals surface area contributed by atoms with Crippen LogP contribution in [-0.4, -0.2) is 43.0 Å². The molecule has 1 aliphatic heterocycles. The fourth-order valence-electron chi connectivity index (χ4n) is 3.55. The Bertz CT molecular complexity index is 1230. The van der Waals surface area contributed by atoms with E-state index in [4.69, 9.17) is 26.4 Å². The molecule has 0 unspecified atom stereocenters. The van der Waals surface area contributed by atoms with E-state index in [-0.39, 0.29) is 13.2 Å². The van der Waals surface area contributed by atoms with E-state index in [9.17, 15) is 9.59 Å². The van der Waals surface area contributed by atoms with Gasteiger partial charge < -0.3 is 24.8 Å². The van der Waals surface area contributed by atoms with Crippen LogP contribution < -0.4 is 25.5 Å². The molecule has 2 aromatic carbocycles. The van der Waals surface area contributed by atoms with Gasteiger partial charge in [0.1, 0.15) is 11.5 Å². The van der Waals surface area contributed by atoms with Gasteiger partial charge in [-0.3, -0.25) is 4.79 Å². The molecule has 12 heteroatoms. The Labute approximate surface area is 237 Å². The van der Waals surface area contributed by atoms with Crippen LogP contribution in [0.3, 0.4) is 0 Å². The molecule has 1 aliphatic rings. The van der Waals surface area contributed by atoms with Crippen molar-refractivity contribution in [3.63, 3.8) is 0 Å². The van der Waals surface area contributed by atoms with E-state index in [0.29, 0.717) is 40.1 Å². The summed E-state index contributed by atoms with van der Waals surface area (Å²) < 4.78 is 18.1. The van der Waals surface area contributed by atoms with Crippen molar-refractivity contribution >= 4 is 67.3 Å². The third-order valence-electron chi connectivity index (χ3n) is 5.07. The molecule has 0 fully saturated rings. The summed E-state index contributed by atoms with van der Waals surface area (Å²) in [5, 5.41) is 10.4. The van der Waals surface area contributed by atoms with Crippen molar-refractivity contribution in [2.24, 2.45) is 5.10 Å². The van der Waals surface area contributed by atoms with E-state index in [0.717, 1.165) is 14.5 Å². The predicted molar refractivity (Wildman–Crippen MR) is 152 cm³/mol. The number of hydrazone groups is 1.